The van der Waals surface area contributed by atoms with Gasteiger partial charge in [0.15, 0.2) is 5.38 Å². The number of alkyl halides is 1. The number of hydrogen-bond acceptors (Lipinski definition) is 3. The molecule has 0 saturated heterocycles. The normalized spacial score (nSPS) is 12.2. The third kappa shape index (κ3) is 3.43. The fraction of sp³-hybridized carbons (Fsp3) is 0.364. The van der Waals surface area contributed by atoms with Crippen molar-refractivity contribution >= 4 is 29.3 Å². The number of rotatable bonds is 4. The Hall–Kier alpha value is -0.670. The van der Waals surface area contributed by atoms with E-state index >= 15 is 0 Å². The molecule has 1 unspecified atom stereocenters. The zero-order valence-corrected chi connectivity index (χ0v) is 10.3. The van der Waals surface area contributed by atoms with Crippen LogP contribution in [0.3, 0.4) is 0 Å². The Labute approximate surface area is 99.0 Å². The fourth-order valence-electron chi connectivity index (χ4n) is 1.14. The van der Waals surface area contributed by atoms with Crippen LogP contribution in [0.4, 0.5) is 0 Å². The molecule has 15 heavy (non-hydrogen) atoms. The van der Waals surface area contributed by atoms with Gasteiger partial charge in [0.2, 0.25) is 0 Å². The van der Waals surface area contributed by atoms with Crippen molar-refractivity contribution in [2.24, 2.45) is 0 Å². The molecule has 0 aliphatic rings. The van der Waals surface area contributed by atoms with Crippen molar-refractivity contribution in [1.29, 1.82) is 0 Å². The third-order valence-electron chi connectivity index (χ3n) is 1.89. The molecule has 0 spiro atoms. The van der Waals surface area contributed by atoms with Crippen LogP contribution in [0.5, 0.6) is 0 Å². The molecule has 0 aliphatic carbocycles. The Balaban J connectivity index is 2.75. The van der Waals surface area contributed by atoms with Crippen LogP contribution in [-0.4, -0.2) is 18.8 Å². The number of methoxy groups -OCH3 is 1. The number of halogens is 1. The minimum Gasteiger partial charge on any atom is -0.468 e. The van der Waals surface area contributed by atoms with Crippen molar-refractivity contribution in [3.05, 3.63) is 29.8 Å². The monoisotopic (exact) mass is 244 g/mol. The van der Waals surface area contributed by atoms with Gasteiger partial charge in [0.1, 0.15) is 0 Å². The molecule has 2 nitrogen and oxygen atoms in total. The first kappa shape index (κ1) is 12.4. The van der Waals surface area contributed by atoms with Gasteiger partial charge >= 0.3 is 5.97 Å². The summed E-state index contributed by atoms with van der Waals surface area (Å²) in [5, 5.41) is -0.712. The highest BCUT2D eigenvalue weighted by Gasteiger charge is 2.17. The lowest BCUT2D eigenvalue weighted by molar-refractivity contribution is -0.140. The SMILES string of the molecule is CCSc1ccc(C(Cl)C(=O)OC)cc1. The average molecular weight is 245 g/mol. The maximum Gasteiger partial charge on any atom is 0.328 e. The van der Waals surface area contributed by atoms with Gasteiger partial charge < -0.3 is 4.74 Å². The van der Waals surface area contributed by atoms with Crippen molar-refractivity contribution in [3.8, 4) is 0 Å². The maximum absolute atomic E-state index is 11.2. The van der Waals surface area contributed by atoms with E-state index in [2.05, 4.69) is 11.7 Å². The molecule has 0 radical (unpaired) electrons. The van der Waals surface area contributed by atoms with Crippen LogP contribution in [0.2, 0.25) is 0 Å². The molecule has 4 heteroatoms. The highest BCUT2D eigenvalue weighted by Crippen LogP contribution is 2.25. The second kappa shape index (κ2) is 6.03. The summed E-state index contributed by atoms with van der Waals surface area (Å²) in [6.07, 6.45) is 0. The molecule has 0 N–H and O–H groups in total. The molecule has 1 rings (SSSR count). The summed E-state index contributed by atoms with van der Waals surface area (Å²) in [7, 11) is 1.33. The smallest absolute Gasteiger partial charge is 0.328 e. The number of ether oxygens (including phenoxy) is 1. The highest BCUT2D eigenvalue weighted by molar-refractivity contribution is 7.99. The molecule has 0 bridgehead atoms. The van der Waals surface area contributed by atoms with Gasteiger partial charge in [-0.25, -0.2) is 0 Å². The first-order valence-electron chi connectivity index (χ1n) is 4.63. The number of hydrogen-bond donors (Lipinski definition) is 0. The van der Waals surface area contributed by atoms with Crippen molar-refractivity contribution < 1.29 is 9.53 Å². The van der Waals surface area contributed by atoms with Crippen molar-refractivity contribution in [2.75, 3.05) is 12.9 Å². The summed E-state index contributed by atoms with van der Waals surface area (Å²) < 4.78 is 4.57. The standard InChI is InChI=1S/C11H13ClO2S/c1-3-15-9-6-4-8(5-7-9)10(12)11(13)14-2/h4-7,10H,3H2,1-2H3. The van der Waals surface area contributed by atoms with Crippen molar-refractivity contribution in [1.82, 2.24) is 0 Å². The lowest BCUT2D eigenvalue weighted by Gasteiger charge is -2.07. The Morgan fingerprint density at radius 2 is 2.07 bits per heavy atom. The fourth-order valence-corrected chi connectivity index (χ4v) is 2.04. The van der Waals surface area contributed by atoms with Crippen LogP contribution < -0.4 is 0 Å². The molecule has 0 amide bonds. The average Bonchev–Trinajstić information content (AvgIpc) is 2.28. The van der Waals surface area contributed by atoms with Gasteiger partial charge in [-0.3, -0.25) is 4.79 Å². The number of carbonyl (C=O) groups is 1. The number of thioether (sulfide) groups is 1. The van der Waals surface area contributed by atoms with Crippen LogP contribution >= 0.6 is 23.4 Å². The Morgan fingerprint density at radius 3 is 2.53 bits per heavy atom. The van der Waals surface area contributed by atoms with Gasteiger partial charge in [-0.2, -0.15) is 0 Å². The molecular weight excluding hydrogens is 232 g/mol. The predicted molar refractivity (Wildman–Crippen MR) is 63.5 cm³/mol. The van der Waals surface area contributed by atoms with Crippen molar-refractivity contribution in [3.63, 3.8) is 0 Å². The molecule has 1 aromatic carbocycles. The maximum atomic E-state index is 11.2. The zero-order chi connectivity index (χ0) is 11.3. The minimum absolute atomic E-state index is 0.424. The summed E-state index contributed by atoms with van der Waals surface area (Å²) in [5.41, 5.74) is 0.768. The van der Waals surface area contributed by atoms with E-state index in [1.165, 1.54) is 12.0 Å². The Bertz CT molecular complexity index is 324. The summed E-state index contributed by atoms with van der Waals surface area (Å²) >= 11 is 7.66. The zero-order valence-electron chi connectivity index (χ0n) is 8.70. The van der Waals surface area contributed by atoms with E-state index in [0.29, 0.717) is 0 Å². The molecular formula is C11H13ClO2S. The van der Waals surface area contributed by atoms with E-state index in [4.69, 9.17) is 11.6 Å². The molecule has 0 heterocycles. The first-order chi connectivity index (χ1) is 7.19. The second-order valence-corrected chi connectivity index (χ2v) is 4.66. The van der Waals surface area contributed by atoms with E-state index in [0.717, 1.165) is 11.3 Å². The van der Waals surface area contributed by atoms with Crippen LogP contribution in [0, 0.1) is 0 Å². The molecule has 82 valence electrons. The van der Waals surface area contributed by atoms with E-state index in [1.54, 1.807) is 11.8 Å². The molecule has 0 fully saturated rings. The number of benzene rings is 1. The van der Waals surface area contributed by atoms with Crippen LogP contribution in [0.25, 0.3) is 0 Å². The predicted octanol–water partition coefficient (Wildman–Crippen LogP) is 3.25. The highest BCUT2D eigenvalue weighted by atomic mass is 35.5. The second-order valence-electron chi connectivity index (χ2n) is 2.89. The Kier molecular flexibility index (Phi) is 4.99. The largest absolute Gasteiger partial charge is 0.468 e. The summed E-state index contributed by atoms with van der Waals surface area (Å²) in [5.74, 6) is 0.605. The van der Waals surface area contributed by atoms with Crippen LogP contribution in [0.15, 0.2) is 29.2 Å². The summed E-state index contributed by atoms with van der Waals surface area (Å²) in [4.78, 5) is 12.3. The van der Waals surface area contributed by atoms with E-state index in [9.17, 15) is 4.79 Å². The first-order valence-corrected chi connectivity index (χ1v) is 6.06. The van der Waals surface area contributed by atoms with Crippen LogP contribution in [-0.2, 0) is 9.53 Å². The van der Waals surface area contributed by atoms with Crippen LogP contribution in [0.1, 0.15) is 17.9 Å². The van der Waals surface area contributed by atoms with Gasteiger partial charge in [0, 0.05) is 4.90 Å². The Morgan fingerprint density at radius 1 is 1.47 bits per heavy atom. The molecule has 0 saturated carbocycles. The van der Waals surface area contributed by atoms with E-state index in [-0.39, 0.29) is 0 Å². The van der Waals surface area contributed by atoms with Crippen molar-refractivity contribution in [2.45, 2.75) is 17.2 Å². The van der Waals surface area contributed by atoms with Gasteiger partial charge in [-0.15, -0.1) is 23.4 Å². The molecule has 0 aliphatic heterocycles. The number of esters is 1. The summed E-state index contributed by atoms with van der Waals surface area (Å²) in [6, 6.07) is 7.63. The lowest BCUT2D eigenvalue weighted by Crippen LogP contribution is -2.08. The van der Waals surface area contributed by atoms with Gasteiger partial charge in [-0.1, -0.05) is 19.1 Å². The van der Waals surface area contributed by atoms with E-state index in [1.807, 2.05) is 24.3 Å². The van der Waals surface area contributed by atoms with Gasteiger partial charge in [0.25, 0.3) is 0 Å². The quantitative estimate of drug-likeness (QED) is 0.462. The molecule has 1 atom stereocenters. The topological polar surface area (TPSA) is 26.3 Å². The molecule has 0 aromatic heterocycles. The number of carbonyl (C=O) groups excluding carboxylic acids is 1. The lowest BCUT2D eigenvalue weighted by atomic mass is 10.1. The summed E-state index contributed by atoms with van der Waals surface area (Å²) in [6.45, 7) is 2.09. The van der Waals surface area contributed by atoms with Gasteiger partial charge in [-0.05, 0) is 23.4 Å². The third-order valence-corrected chi connectivity index (χ3v) is 3.22. The van der Waals surface area contributed by atoms with E-state index < -0.39 is 11.3 Å². The molecule has 1 aromatic rings. The van der Waals surface area contributed by atoms with Gasteiger partial charge in [0.05, 0.1) is 7.11 Å². The minimum atomic E-state index is -0.712.